The van der Waals surface area contributed by atoms with E-state index in [9.17, 15) is 4.79 Å². The highest BCUT2D eigenvalue weighted by molar-refractivity contribution is 5.66. The Balaban J connectivity index is -0.000000148. The van der Waals surface area contributed by atoms with Crippen molar-refractivity contribution in [3.8, 4) is 0 Å². The predicted molar refractivity (Wildman–Crippen MR) is 93.1 cm³/mol. The first kappa shape index (κ1) is 29.4. The lowest BCUT2D eigenvalue weighted by Crippen LogP contribution is -1.93. The zero-order valence-corrected chi connectivity index (χ0v) is 15.2. The average molecular weight is 325 g/mol. The van der Waals surface area contributed by atoms with Gasteiger partial charge < -0.3 is 20.4 Å². The van der Waals surface area contributed by atoms with Gasteiger partial charge >= 0.3 is 5.97 Å². The lowest BCUT2D eigenvalue weighted by molar-refractivity contribution is -0.137. The fourth-order valence-electron chi connectivity index (χ4n) is 1.41. The third kappa shape index (κ3) is 74.5. The summed E-state index contributed by atoms with van der Waals surface area (Å²) < 4.78 is 0. The van der Waals surface area contributed by atoms with Crippen molar-refractivity contribution in [2.75, 3.05) is 19.8 Å². The van der Waals surface area contributed by atoms with Gasteiger partial charge in [0, 0.05) is 26.2 Å². The second-order valence-corrected chi connectivity index (χ2v) is 4.57. The molecule has 0 spiro atoms. The highest BCUT2D eigenvalue weighted by Crippen LogP contribution is 2.09. The number of carboxylic acids is 1. The Morgan fingerprint density at radius 3 is 1.18 bits per heavy atom. The Morgan fingerprint density at radius 1 is 0.636 bits per heavy atom. The Hall–Kier alpha value is -0.650. The van der Waals surface area contributed by atoms with Gasteiger partial charge in [0.15, 0.2) is 0 Å². The molecule has 0 aliphatic heterocycles. The number of aliphatic hydroxyl groups excluding tert-OH is 3. The molecule has 0 aliphatic rings. The summed E-state index contributed by atoms with van der Waals surface area (Å²) in [6.45, 7) is 8.01. The van der Waals surface area contributed by atoms with Crippen LogP contribution >= 0.6 is 0 Å². The lowest BCUT2D eigenvalue weighted by atomic mass is 10.1. The van der Waals surface area contributed by atoms with E-state index < -0.39 is 5.97 Å². The van der Waals surface area contributed by atoms with Crippen molar-refractivity contribution < 1.29 is 25.2 Å². The summed E-state index contributed by atoms with van der Waals surface area (Å²) in [7, 11) is 0. The average Bonchev–Trinajstić information content (AvgIpc) is 2.44. The molecule has 0 amide bonds. The number of carboxylic acid groups (broad SMARTS) is 1. The summed E-state index contributed by atoms with van der Waals surface area (Å²) in [4.78, 5) is 10.2. The van der Waals surface area contributed by atoms with Crippen LogP contribution in [0.5, 0.6) is 0 Å². The molecule has 0 radical (unpaired) electrons. The Labute approximate surface area is 137 Å². The van der Waals surface area contributed by atoms with E-state index in [-0.39, 0.29) is 19.8 Å². The Kier molecular flexibility index (Phi) is 49.4. The van der Waals surface area contributed by atoms with E-state index in [4.69, 9.17) is 20.4 Å². The van der Waals surface area contributed by atoms with Crippen molar-refractivity contribution in [2.24, 2.45) is 0 Å². The van der Waals surface area contributed by atoms with E-state index in [2.05, 4.69) is 6.92 Å². The fraction of sp³-hybridized carbons (Fsp3) is 0.941. The standard InChI is InChI=1S/C11H22O2.3C2H6O/c1-2-3-4-5-6-7-8-9-10-11(12)13;3*1-2-3/h2-10H2,1H3,(H,12,13);3*3H,2H2,1H3. The summed E-state index contributed by atoms with van der Waals surface area (Å²) >= 11 is 0. The largest absolute Gasteiger partial charge is 0.481 e. The first-order valence-electron chi connectivity index (χ1n) is 8.56. The number of carbonyl (C=O) groups is 1. The van der Waals surface area contributed by atoms with Crippen molar-refractivity contribution >= 4 is 5.97 Å². The molecule has 0 bridgehead atoms. The van der Waals surface area contributed by atoms with Crippen LogP contribution in [0.3, 0.4) is 0 Å². The van der Waals surface area contributed by atoms with Gasteiger partial charge in [0.1, 0.15) is 0 Å². The molecule has 0 saturated heterocycles. The second kappa shape index (κ2) is 37.0. The van der Waals surface area contributed by atoms with E-state index in [1.807, 2.05) is 0 Å². The summed E-state index contributed by atoms with van der Waals surface area (Å²) in [6, 6.07) is 0. The number of hydrogen-bond acceptors (Lipinski definition) is 4. The Morgan fingerprint density at radius 2 is 0.909 bits per heavy atom. The van der Waals surface area contributed by atoms with Crippen molar-refractivity contribution in [2.45, 2.75) is 85.5 Å². The van der Waals surface area contributed by atoms with E-state index in [0.717, 1.165) is 12.8 Å². The van der Waals surface area contributed by atoms with Crippen LogP contribution in [0.25, 0.3) is 0 Å². The van der Waals surface area contributed by atoms with Gasteiger partial charge in [0.05, 0.1) is 0 Å². The monoisotopic (exact) mass is 324 g/mol. The quantitative estimate of drug-likeness (QED) is 0.486. The van der Waals surface area contributed by atoms with Crippen LogP contribution < -0.4 is 0 Å². The maximum atomic E-state index is 10.2. The van der Waals surface area contributed by atoms with Gasteiger partial charge in [-0.2, -0.15) is 0 Å². The van der Waals surface area contributed by atoms with Crippen LogP contribution in [-0.4, -0.2) is 46.2 Å². The first-order chi connectivity index (χ1) is 10.5. The maximum absolute atomic E-state index is 10.2. The van der Waals surface area contributed by atoms with Crippen molar-refractivity contribution in [1.82, 2.24) is 0 Å². The lowest BCUT2D eigenvalue weighted by Gasteiger charge is -1.99. The van der Waals surface area contributed by atoms with Crippen LogP contribution in [0.1, 0.15) is 85.5 Å². The molecule has 0 aromatic carbocycles. The van der Waals surface area contributed by atoms with Gasteiger partial charge in [0.25, 0.3) is 0 Å². The smallest absolute Gasteiger partial charge is 0.303 e. The summed E-state index contributed by atoms with van der Waals surface area (Å²) in [5.41, 5.74) is 0. The normalized spacial score (nSPS) is 8.50. The van der Waals surface area contributed by atoms with Crippen molar-refractivity contribution in [3.05, 3.63) is 0 Å². The van der Waals surface area contributed by atoms with Crippen LogP contribution in [0.2, 0.25) is 0 Å². The third-order valence-corrected chi connectivity index (χ3v) is 2.24. The van der Waals surface area contributed by atoms with Crippen LogP contribution in [0, 0.1) is 0 Å². The highest BCUT2D eigenvalue weighted by atomic mass is 16.4. The van der Waals surface area contributed by atoms with Crippen molar-refractivity contribution in [3.63, 3.8) is 0 Å². The molecule has 0 atom stereocenters. The third-order valence-electron chi connectivity index (χ3n) is 2.24. The summed E-state index contributed by atoms with van der Waals surface area (Å²) in [5, 5.41) is 31.1. The number of aliphatic carboxylic acids is 1. The van der Waals surface area contributed by atoms with Gasteiger partial charge in [0.2, 0.25) is 0 Å². The molecule has 4 N–H and O–H groups in total. The van der Waals surface area contributed by atoms with Crippen LogP contribution in [0.15, 0.2) is 0 Å². The number of hydrogen-bond donors (Lipinski definition) is 4. The van der Waals surface area contributed by atoms with E-state index in [0.29, 0.717) is 6.42 Å². The first-order valence-corrected chi connectivity index (χ1v) is 8.56. The van der Waals surface area contributed by atoms with Crippen LogP contribution in [-0.2, 0) is 4.79 Å². The van der Waals surface area contributed by atoms with Crippen LogP contribution in [0.4, 0.5) is 0 Å². The van der Waals surface area contributed by atoms with Gasteiger partial charge in [-0.25, -0.2) is 0 Å². The molecule has 0 aromatic rings. The van der Waals surface area contributed by atoms with Gasteiger partial charge in [-0.05, 0) is 27.2 Å². The van der Waals surface area contributed by atoms with Gasteiger partial charge in [-0.15, -0.1) is 0 Å². The predicted octanol–water partition coefficient (Wildman–Crippen LogP) is 3.60. The highest BCUT2D eigenvalue weighted by Gasteiger charge is 1.95. The topological polar surface area (TPSA) is 98.0 Å². The molecule has 5 heteroatoms. The maximum Gasteiger partial charge on any atom is 0.303 e. The molecular formula is C17H40O5. The Bertz CT molecular complexity index is 158. The van der Waals surface area contributed by atoms with Crippen molar-refractivity contribution in [1.29, 1.82) is 0 Å². The fourth-order valence-corrected chi connectivity index (χ4v) is 1.41. The number of rotatable bonds is 9. The zero-order valence-electron chi connectivity index (χ0n) is 15.2. The SMILES string of the molecule is CCCCCCCCCCC(=O)O.CCO.CCO.CCO. The minimum absolute atomic E-state index is 0.250. The van der Waals surface area contributed by atoms with Gasteiger partial charge in [-0.3, -0.25) is 4.79 Å². The number of aliphatic hydroxyl groups is 3. The molecule has 0 saturated carbocycles. The molecule has 138 valence electrons. The summed E-state index contributed by atoms with van der Waals surface area (Å²) in [5.74, 6) is -0.661. The molecule has 22 heavy (non-hydrogen) atoms. The molecule has 5 nitrogen and oxygen atoms in total. The molecule has 0 fully saturated rings. The van der Waals surface area contributed by atoms with Gasteiger partial charge in [-0.1, -0.05) is 51.9 Å². The molecular weight excluding hydrogens is 284 g/mol. The zero-order chi connectivity index (χ0) is 18.1. The number of unbranched alkanes of at least 4 members (excludes halogenated alkanes) is 7. The second-order valence-electron chi connectivity index (χ2n) is 4.57. The molecule has 0 rings (SSSR count). The molecule has 0 heterocycles. The minimum atomic E-state index is -0.661. The molecule has 0 unspecified atom stereocenters. The summed E-state index contributed by atoms with van der Waals surface area (Å²) in [6.07, 6.45) is 10.1. The van der Waals surface area contributed by atoms with E-state index >= 15 is 0 Å². The molecule has 0 aliphatic carbocycles. The van der Waals surface area contributed by atoms with E-state index in [1.54, 1.807) is 20.8 Å². The minimum Gasteiger partial charge on any atom is -0.481 e. The molecule has 0 aromatic heterocycles. The van der Waals surface area contributed by atoms with E-state index in [1.165, 1.54) is 38.5 Å².